The Balaban J connectivity index is 2.26. The number of sulfonamides is 1. The number of amides is 1. The van der Waals surface area contributed by atoms with Crippen LogP contribution in [0, 0.1) is 5.82 Å². The first-order valence-electron chi connectivity index (χ1n) is 6.57. The van der Waals surface area contributed by atoms with Crippen molar-refractivity contribution in [3.63, 3.8) is 0 Å². The third-order valence-corrected chi connectivity index (χ3v) is 4.71. The molecule has 1 aromatic rings. The Kier molecular flexibility index (Phi) is 5.08. The van der Waals surface area contributed by atoms with E-state index in [0.717, 1.165) is 6.26 Å². The molecule has 2 rings (SSSR count). The molecule has 0 aromatic heterocycles. The maximum atomic E-state index is 13.5. The van der Waals surface area contributed by atoms with Crippen LogP contribution in [0.25, 0.3) is 0 Å². The van der Waals surface area contributed by atoms with Crippen molar-refractivity contribution in [2.75, 3.05) is 12.8 Å². The maximum absolute atomic E-state index is 13.5. The Morgan fingerprint density at radius 3 is 2.73 bits per heavy atom. The Morgan fingerprint density at radius 2 is 2.18 bits per heavy atom. The molecule has 2 N–H and O–H groups in total. The lowest BCUT2D eigenvalue weighted by Gasteiger charge is -2.26. The second-order valence-electron chi connectivity index (χ2n) is 5.31. The van der Waals surface area contributed by atoms with E-state index in [-0.39, 0.29) is 13.0 Å². The van der Waals surface area contributed by atoms with Crippen molar-refractivity contribution in [3.05, 3.63) is 34.1 Å². The fourth-order valence-electron chi connectivity index (χ4n) is 2.73. The Hall–Kier alpha value is -1.19. The number of carbonyl (C=O) groups is 1. The van der Waals surface area contributed by atoms with E-state index in [1.54, 1.807) is 6.07 Å². The van der Waals surface area contributed by atoms with Crippen LogP contribution in [0.5, 0.6) is 0 Å². The van der Waals surface area contributed by atoms with Gasteiger partial charge < -0.3 is 10.0 Å². The van der Waals surface area contributed by atoms with E-state index in [9.17, 15) is 22.7 Å². The molecule has 6 nitrogen and oxygen atoms in total. The van der Waals surface area contributed by atoms with Crippen LogP contribution < -0.4 is 4.72 Å². The first-order chi connectivity index (χ1) is 10.2. The number of likely N-dealkylation sites (tertiary alicyclic amines) is 1. The first-order valence-corrected chi connectivity index (χ1v) is 9.26. The molecular weight excluding hydrogens is 379 g/mol. The third-order valence-electron chi connectivity index (χ3n) is 3.52. The predicted molar refractivity (Wildman–Crippen MR) is 82.7 cm³/mol. The molecular formula is C13H16BrFN2O4S. The number of nitrogens with one attached hydrogen (secondary N) is 1. The number of rotatable bonds is 4. The number of hydrogen-bond donors (Lipinski definition) is 2. The zero-order chi connectivity index (χ0) is 16.5. The number of halogens is 2. The fourth-order valence-corrected chi connectivity index (χ4v) is 4.06. The van der Waals surface area contributed by atoms with E-state index in [1.807, 2.05) is 0 Å². The van der Waals surface area contributed by atoms with Gasteiger partial charge in [-0.3, -0.25) is 0 Å². The quantitative estimate of drug-likeness (QED) is 0.814. The van der Waals surface area contributed by atoms with Crippen molar-refractivity contribution in [1.29, 1.82) is 0 Å². The second-order valence-corrected chi connectivity index (χ2v) is 8.01. The number of nitrogens with zero attached hydrogens (tertiary/aromatic N) is 1. The lowest BCUT2D eigenvalue weighted by molar-refractivity contribution is 0.137. The van der Waals surface area contributed by atoms with Gasteiger partial charge >= 0.3 is 6.09 Å². The van der Waals surface area contributed by atoms with Crippen LogP contribution in [-0.4, -0.2) is 49.4 Å². The van der Waals surface area contributed by atoms with E-state index in [1.165, 1.54) is 17.0 Å². The average Bonchev–Trinajstić information content (AvgIpc) is 2.68. The van der Waals surface area contributed by atoms with Gasteiger partial charge in [-0.25, -0.2) is 22.3 Å². The van der Waals surface area contributed by atoms with E-state index in [2.05, 4.69) is 20.7 Å². The van der Waals surface area contributed by atoms with Crippen LogP contribution in [0.2, 0.25) is 0 Å². The summed E-state index contributed by atoms with van der Waals surface area (Å²) < 4.78 is 39.3. The van der Waals surface area contributed by atoms with E-state index in [0.29, 0.717) is 16.5 Å². The van der Waals surface area contributed by atoms with Crippen molar-refractivity contribution >= 4 is 32.0 Å². The van der Waals surface area contributed by atoms with E-state index >= 15 is 0 Å². The molecule has 0 radical (unpaired) electrons. The maximum Gasteiger partial charge on any atom is 0.407 e. The Labute approximate surface area is 136 Å². The van der Waals surface area contributed by atoms with Gasteiger partial charge in [-0.15, -0.1) is 0 Å². The molecule has 1 saturated heterocycles. The van der Waals surface area contributed by atoms with Gasteiger partial charge in [0.05, 0.1) is 12.3 Å². The second kappa shape index (κ2) is 6.51. The van der Waals surface area contributed by atoms with Gasteiger partial charge in [-0.1, -0.05) is 15.9 Å². The van der Waals surface area contributed by atoms with Gasteiger partial charge in [0.2, 0.25) is 10.0 Å². The van der Waals surface area contributed by atoms with Gasteiger partial charge in [0.25, 0.3) is 0 Å². The summed E-state index contributed by atoms with van der Waals surface area (Å²) in [5.74, 6) is -0.433. The molecule has 0 unspecified atom stereocenters. The van der Waals surface area contributed by atoms with Crippen molar-refractivity contribution in [2.45, 2.75) is 24.9 Å². The van der Waals surface area contributed by atoms with Gasteiger partial charge in [-0.05, 0) is 36.6 Å². The SMILES string of the molecule is CS(=O)(=O)N[C@@H]1CCN(C(=O)O)[C@@H]1Cc1cc(F)cc(Br)c1. The summed E-state index contributed by atoms with van der Waals surface area (Å²) in [4.78, 5) is 12.5. The summed E-state index contributed by atoms with van der Waals surface area (Å²) in [6.45, 7) is 0.240. The highest BCUT2D eigenvalue weighted by Gasteiger charge is 2.38. The van der Waals surface area contributed by atoms with Crippen LogP contribution in [0.1, 0.15) is 12.0 Å². The van der Waals surface area contributed by atoms with Crippen molar-refractivity contribution in [2.24, 2.45) is 0 Å². The molecule has 1 amide bonds. The minimum absolute atomic E-state index is 0.232. The molecule has 1 fully saturated rings. The highest BCUT2D eigenvalue weighted by Crippen LogP contribution is 2.24. The lowest BCUT2D eigenvalue weighted by atomic mass is 10.0. The molecule has 1 aliphatic rings. The first kappa shape index (κ1) is 17.2. The fraction of sp³-hybridized carbons (Fsp3) is 0.462. The number of benzene rings is 1. The molecule has 1 heterocycles. The van der Waals surface area contributed by atoms with Crippen molar-refractivity contribution in [1.82, 2.24) is 9.62 Å². The van der Waals surface area contributed by atoms with Crippen molar-refractivity contribution in [3.8, 4) is 0 Å². The Bertz CT molecular complexity index is 662. The van der Waals surface area contributed by atoms with Crippen LogP contribution in [0.4, 0.5) is 9.18 Å². The summed E-state index contributed by atoms with van der Waals surface area (Å²) in [6, 6.07) is 3.23. The zero-order valence-corrected chi connectivity index (χ0v) is 14.2. The topological polar surface area (TPSA) is 86.7 Å². The molecule has 1 aliphatic heterocycles. The molecule has 0 saturated carbocycles. The van der Waals surface area contributed by atoms with Crippen LogP contribution in [0.15, 0.2) is 22.7 Å². The summed E-state index contributed by atoms with van der Waals surface area (Å²) in [6.07, 6.45) is 0.543. The summed E-state index contributed by atoms with van der Waals surface area (Å²) >= 11 is 3.19. The summed E-state index contributed by atoms with van der Waals surface area (Å²) in [5, 5.41) is 9.25. The molecule has 0 bridgehead atoms. The summed E-state index contributed by atoms with van der Waals surface area (Å²) in [7, 11) is -3.45. The van der Waals surface area contributed by atoms with Gasteiger partial charge in [0.15, 0.2) is 0 Å². The van der Waals surface area contributed by atoms with Crippen LogP contribution in [0.3, 0.4) is 0 Å². The average molecular weight is 395 g/mol. The monoisotopic (exact) mass is 394 g/mol. The minimum atomic E-state index is -3.45. The third kappa shape index (κ3) is 4.40. The van der Waals surface area contributed by atoms with E-state index in [4.69, 9.17) is 0 Å². The van der Waals surface area contributed by atoms with Crippen LogP contribution >= 0.6 is 15.9 Å². The smallest absolute Gasteiger partial charge is 0.407 e. The van der Waals surface area contributed by atoms with Crippen molar-refractivity contribution < 1.29 is 22.7 Å². The van der Waals surface area contributed by atoms with E-state index < -0.39 is 34.0 Å². The lowest BCUT2D eigenvalue weighted by Crippen LogP contribution is -2.47. The van der Waals surface area contributed by atoms with Crippen LogP contribution in [-0.2, 0) is 16.4 Å². The normalized spacial score (nSPS) is 22.0. The largest absolute Gasteiger partial charge is 0.465 e. The molecule has 22 heavy (non-hydrogen) atoms. The molecule has 122 valence electrons. The minimum Gasteiger partial charge on any atom is -0.465 e. The molecule has 0 aliphatic carbocycles. The van der Waals surface area contributed by atoms with Gasteiger partial charge in [0.1, 0.15) is 5.82 Å². The highest BCUT2D eigenvalue weighted by molar-refractivity contribution is 9.10. The number of hydrogen-bond acceptors (Lipinski definition) is 3. The Morgan fingerprint density at radius 1 is 1.50 bits per heavy atom. The zero-order valence-electron chi connectivity index (χ0n) is 11.8. The molecule has 9 heteroatoms. The molecule has 1 aromatic carbocycles. The predicted octanol–water partition coefficient (Wildman–Crippen LogP) is 1.80. The highest BCUT2D eigenvalue weighted by atomic mass is 79.9. The number of carboxylic acid groups (broad SMARTS) is 1. The molecule has 2 atom stereocenters. The standard InChI is InChI=1S/C13H16BrFN2O4S/c1-22(20,21)16-11-2-3-17(13(18)19)12(11)6-8-4-9(14)7-10(15)5-8/h4-5,7,11-12,16H,2-3,6H2,1H3,(H,18,19)/t11-,12-/m1/s1. The van der Waals surface area contributed by atoms with Gasteiger partial charge in [-0.2, -0.15) is 0 Å². The molecule has 0 spiro atoms. The van der Waals surface area contributed by atoms with Gasteiger partial charge in [0, 0.05) is 17.1 Å². The summed E-state index contributed by atoms with van der Waals surface area (Å²) in [5.41, 5.74) is 0.602.